The molecule has 2 rings (SSSR count). The number of aryl methyl sites for hydroxylation is 1. The second kappa shape index (κ2) is 7.82. The smallest absolute Gasteiger partial charge is 0.119 e. The molecule has 0 saturated heterocycles. The molecule has 0 bridgehead atoms. The van der Waals surface area contributed by atoms with E-state index in [0.29, 0.717) is 13.2 Å². The quantitative estimate of drug-likeness (QED) is 0.689. The first-order valence-electron chi connectivity index (χ1n) is 7.41. The zero-order chi connectivity index (χ0) is 15.9. The molecule has 0 aliphatic carbocycles. The van der Waals surface area contributed by atoms with Crippen molar-refractivity contribution >= 4 is 5.69 Å². The van der Waals surface area contributed by atoms with Crippen LogP contribution in [0.2, 0.25) is 0 Å². The van der Waals surface area contributed by atoms with Gasteiger partial charge in [0, 0.05) is 30.0 Å². The number of hydrogen-bond acceptors (Lipinski definition) is 5. The van der Waals surface area contributed by atoms with Gasteiger partial charge in [0.25, 0.3) is 0 Å². The van der Waals surface area contributed by atoms with Gasteiger partial charge in [-0.1, -0.05) is 0 Å². The highest BCUT2D eigenvalue weighted by atomic mass is 16.5. The summed E-state index contributed by atoms with van der Waals surface area (Å²) in [5, 5.41) is 25.4. The van der Waals surface area contributed by atoms with Crippen LogP contribution in [0.25, 0.3) is 0 Å². The van der Waals surface area contributed by atoms with E-state index in [-0.39, 0.29) is 6.61 Å². The molecule has 0 spiro atoms. The van der Waals surface area contributed by atoms with Gasteiger partial charge in [-0.3, -0.25) is 4.68 Å². The zero-order valence-corrected chi connectivity index (χ0v) is 13.0. The van der Waals surface area contributed by atoms with Crippen LogP contribution in [-0.4, -0.2) is 39.2 Å². The van der Waals surface area contributed by atoms with Crippen molar-refractivity contribution in [1.82, 2.24) is 9.78 Å². The molecule has 1 unspecified atom stereocenters. The molecule has 120 valence electrons. The van der Waals surface area contributed by atoms with Crippen LogP contribution < -0.4 is 10.1 Å². The fourth-order valence-electron chi connectivity index (χ4n) is 2.08. The van der Waals surface area contributed by atoms with Crippen LogP contribution in [0.4, 0.5) is 5.69 Å². The summed E-state index contributed by atoms with van der Waals surface area (Å²) in [5.74, 6) is 0.775. The second-order valence-electron chi connectivity index (χ2n) is 5.10. The summed E-state index contributed by atoms with van der Waals surface area (Å²) in [5.41, 5.74) is 3.07. The highest BCUT2D eigenvalue weighted by molar-refractivity contribution is 5.46. The summed E-state index contributed by atoms with van der Waals surface area (Å²) in [6.45, 7) is 5.50. The minimum Gasteiger partial charge on any atom is -0.489 e. The van der Waals surface area contributed by atoms with Gasteiger partial charge in [0.1, 0.15) is 12.4 Å². The topological polar surface area (TPSA) is 79.5 Å². The molecule has 3 N–H and O–H groups in total. The molecule has 1 heterocycles. The van der Waals surface area contributed by atoms with Crippen molar-refractivity contribution in [3.8, 4) is 5.75 Å². The molecule has 22 heavy (non-hydrogen) atoms. The van der Waals surface area contributed by atoms with Gasteiger partial charge in [-0.25, -0.2) is 0 Å². The molecular formula is C16H23N3O3. The Hall–Kier alpha value is -2.05. The van der Waals surface area contributed by atoms with E-state index in [0.717, 1.165) is 29.2 Å². The lowest BCUT2D eigenvalue weighted by Crippen LogP contribution is -2.22. The third-order valence-corrected chi connectivity index (χ3v) is 3.51. The number of aliphatic hydroxyl groups is 2. The number of rotatable bonds is 8. The Bertz CT molecular complexity index is 581. The minimum absolute atomic E-state index is 0.251. The van der Waals surface area contributed by atoms with Crippen LogP contribution in [0.1, 0.15) is 18.2 Å². The van der Waals surface area contributed by atoms with Gasteiger partial charge in [-0.2, -0.15) is 5.10 Å². The molecule has 2 aromatic rings. The first kappa shape index (κ1) is 16.3. The van der Waals surface area contributed by atoms with E-state index in [4.69, 9.17) is 9.84 Å². The van der Waals surface area contributed by atoms with E-state index in [9.17, 15) is 5.11 Å². The number of ether oxygens (including phenoxy) is 1. The van der Waals surface area contributed by atoms with Gasteiger partial charge in [-0.15, -0.1) is 0 Å². The number of nitrogens with one attached hydrogen (secondary N) is 1. The average Bonchev–Trinajstić information content (AvgIpc) is 2.91. The van der Waals surface area contributed by atoms with Gasteiger partial charge in [0.2, 0.25) is 0 Å². The normalized spacial score (nSPS) is 12.2. The monoisotopic (exact) mass is 305 g/mol. The minimum atomic E-state index is -0.756. The fourth-order valence-corrected chi connectivity index (χ4v) is 2.08. The lowest BCUT2D eigenvalue weighted by molar-refractivity contribution is 0.105. The molecule has 1 aromatic carbocycles. The average molecular weight is 305 g/mol. The maximum absolute atomic E-state index is 9.29. The molecule has 6 nitrogen and oxygen atoms in total. The molecule has 1 aromatic heterocycles. The van der Waals surface area contributed by atoms with E-state index < -0.39 is 6.10 Å². The Morgan fingerprint density at radius 2 is 2.05 bits per heavy atom. The van der Waals surface area contributed by atoms with Crippen LogP contribution in [-0.2, 0) is 13.2 Å². The molecule has 0 aliphatic rings. The molecule has 0 radical (unpaired) electrons. The third-order valence-electron chi connectivity index (χ3n) is 3.51. The Morgan fingerprint density at radius 3 is 2.64 bits per heavy atom. The van der Waals surface area contributed by atoms with E-state index in [1.165, 1.54) is 0 Å². The standard InChI is InChI=1S/C16H23N3O3/c1-3-19-12(2)13(8-18-19)11-22-16-6-4-14(5-7-16)17-9-15(21)10-20/h4-8,15,17,20-21H,3,9-11H2,1-2H3. The van der Waals surface area contributed by atoms with Crippen molar-refractivity contribution in [2.24, 2.45) is 0 Å². The summed E-state index contributed by atoms with van der Waals surface area (Å²) < 4.78 is 7.70. The lowest BCUT2D eigenvalue weighted by Gasteiger charge is -2.11. The molecular weight excluding hydrogens is 282 g/mol. The maximum atomic E-state index is 9.29. The van der Waals surface area contributed by atoms with E-state index in [2.05, 4.69) is 17.3 Å². The van der Waals surface area contributed by atoms with Gasteiger partial charge in [-0.05, 0) is 38.1 Å². The summed E-state index contributed by atoms with van der Waals surface area (Å²) in [6.07, 6.45) is 1.08. The Morgan fingerprint density at radius 1 is 1.32 bits per heavy atom. The number of hydrogen-bond donors (Lipinski definition) is 3. The van der Waals surface area contributed by atoms with Crippen molar-refractivity contribution < 1.29 is 14.9 Å². The van der Waals surface area contributed by atoms with Crippen LogP contribution >= 0.6 is 0 Å². The van der Waals surface area contributed by atoms with Gasteiger partial charge in [0.05, 0.1) is 18.9 Å². The van der Waals surface area contributed by atoms with Crippen LogP contribution in [0.5, 0.6) is 5.75 Å². The predicted octanol–water partition coefficient (Wildman–Crippen LogP) is 1.56. The summed E-state index contributed by atoms with van der Waals surface area (Å²) in [6, 6.07) is 7.49. The largest absolute Gasteiger partial charge is 0.489 e. The van der Waals surface area contributed by atoms with Crippen LogP contribution in [0, 0.1) is 6.92 Å². The second-order valence-corrected chi connectivity index (χ2v) is 5.10. The number of benzene rings is 1. The molecule has 0 aliphatic heterocycles. The van der Waals surface area contributed by atoms with E-state index >= 15 is 0 Å². The molecule has 0 saturated carbocycles. The molecule has 6 heteroatoms. The first-order chi connectivity index (χ1) is 10.6. The van der Waals surface area contributed by atoms with Crippen molar-refractivity contribution in [2.75, 3.05) is 18.5 Å². The lowest BCUT2D eigenvalue weighted by atomic mass is 10.2. The Labute approximate surface area is 130 Å². The van der Waals surface area contributed by atoms with Crippen LogP contribution in [0.3, 0.4) is 0 Å². The maximum Gasteiger partial charge on any atom is 0.119 e. The zero-order valence-electron chi connectivity index (χ0n) is 13.0. The van der Waals surface area contributed by atoms with Crippen molar-refractivity contribution in [2.45, 2.75) is 33.1 Å². The van der Waals surface area contributed by atoms with E-state index in [1.54, 1.807) is 0 Å². The highest BCUT2D eigenvalue weighted by Gasteiger charge is 2.06. The summed E-state index contributed by atoms with van der Waals surface area (Å²) >= 11 is 0. The fraction of sp³-hybridized carbons (Fsp3) is 0.438. The summed E-state index contributed by atoms with van der Waals surface area (Å²) in [7, 11) is 0. The Kier molecular flexibility index (Phi) is 5.80. The van der Waals surface area contributed by atoms with Crippen molar-refractivity contribution in [3.63, 3.8) is 0 Å². The molecule has 0 amide bonds. The number of nitrogens with zero attached hydrogens (tertiary/aromatic N) is 2. The van der Waals surface area contributed by atoms with Gasteiger partial charge in [0.15, 0.2) is 0 Å². The number of anilines is 1. The highest BCUT2D eigenvalue weighted by Crippen LogP contribution is 2.18. The van der Waals surface area contributed by atoms with Crippen LogP contribution in [0.15, 0.2) is 30.5 Å². The Balaban J connectivity index is 1.87. The van der Waals surface area contributed by atoms with Crippen molar-refractivity contribution in [3.05, 3.63) is 41.7 Å². The SMILES string of the molecule is CCn1ncc(COc2ccc(NCC(O)CO)cc2)c1C. The first-order valence-corrected chi connectivity index (χ1v) is 7.41. The van der Waals surface area contributed by atoms with Gasteiger partial charge < -0.3 is 20.3 Å². The number of aromatic nitrogens is 2. The molecule has 1 atom stereocenters. The summed E-state index contributed by atoms with van der Waals surface area (Å²) in [4.78, 5) is 0. The van der Waals surface area contributed by atoms with E-state index in [1.807, 2.05) is 42.1 Å². The molecule has 0 fully saturated rings. The third kappa shape index (κ3) is 4.22. The van der Waals surface area contributed by atoms with Gasteiger partial charge >= 0.3 is 0 Å². The number of aliphatic hydroxyl groups excluding tert-OH is 2. The predicted molar refractivity (Wildman–Crippen MR) is 85.0 cm³/mol. The van der Waals surface area contributed by atoms with Crippen molar-refractivity contribution in [1.29, 1.82) is 0 Å².